The monoisotopic (exact) mass is 163 g/mol. The maximum Gasteiger partial charge on any atom is 0.231 e. The van der Waals surface area contributed by atoms with Crippen LogP contribution in [-0.2, 0) is 0 Å². The van der Waals surface area contributed by atoms with Crippen molar-refractivity contribution in [2.45, 2.75) is 0 Å². The van der Waals surface area contributed by atoms with Crippen molar-refractivity contribution in [3.05, 3.63) is 18.5 Å². The van der Waals surface area contributed by atoms with E-state index in [1.54, 1.807) is 0 Å². The number of benzene rings is 1. The summed E-state index contributed by atoms with van der Waals surface area (Å²) in [4.78, 5) is 3.99. The predicted octanol–water partition coefficient (Wildman–Crippen LogP) is 1.56. The molecule has 0 N–H and O–H groups in total. The van der Waals surface area contributed by atoms with Gasteiger partial charge in [0.05, 0.1) is 0 Å². The van der Waals surface area contributed by atoms with E-state index in [0.29, 0.717) is 11.3 Å². The second-order valence-electron chi connectivity index (χ2n) is 2.50. The number of oxazole rings is 1. The van der Waals surface area contributed by atoms with Crippen molar-refractivity contribution in [3.63, 3.8) is 0 Å². The summed E-state index contributed by atoms with van der Waals surface area (Å²) in [5.41, 5.74) is 1.45. The van der Waals surface area contributed by atoms with Crippen molar-refractivity contribution in [2.75, 3.05) is 6.79 Å². The van der Waals surface area contributed by atoms with E-state index < -0.39 is 0 Å². The molecular weight excluding hydrogens is 158 g/mol. The maximum absolute atomic E-state index is 5.21. The first-order valence-corrected chi connectivity index (χ1v) is 3.57. The van der Waals surface area contributed by atoms with Crippen LogP contribution in [0.15, 0.2) is 22.9 Å². The van der Waals surface area contributed by atoms with Crippen LogP contribution in [0.3, 0.4) is 0 Å². The van der Waals surface area contributed by atoms with Crippen LogP contribution in [0.2, 0.25) is 0 Å². The lowest BCUT2D eigenvalue weighted by molar-refractivity contribution is 0.174. The van der Waals surface area contributed by atoms with Gasteiger partial charge in [-0.15, -0.1) is 0 Å². The number of hydrogen-bond donors (Lipinski definition) is 0. The zero-order valence-corrected chi connectivity index (χ0v) is 6.11. The van der Waals surface area contributed by atoms with Crippen LogP contribution in [0.5, 0.6) is 11.5 Å². The molecular formula is C8H5NO3. The van der Waals surface area contributed by atoms with E-state index in [9.17, 15) is 0 Å². The molecule has 0 atom stereocenters. The fraction of sp³-hybridized carbons (Fsp3) is 0.125. The Bertz CT molecular complexity index is 435. The molecule has 0 spiro atoms. The van der Waals surface area contributed by atoms with Crippen LogP contribution in [0.1, 0.15) is 0 Å². The molecule has 1 aliphatic heterocycles. The van der Waals surface area contributed by atoms with Crippen LogP contribution in [-0.4, -0.2) is 11.8 Å². The largest absolute Gasteiger partial charge is 0.453 e. The van der Waals surface area contributed by atoms with Crippen LogP contribution in [0.25, 0.3) is 11.1 Å². The van der Waals surface area contributed by atoms with Crippen molar-refractivity contribution in [2.24, 2.45) is 0 Å². The van der Waals surface area contributed by atoms with Crippen molar-refractivity contribution >= 4 is 11.1 Å². The van der Waals surface area contributed by atoms with Gasteiger partial charge in [0.2, 0.25) is 12.5 Å². The molecule has 1 aliphatic rings. The summed E-state index contributed by atoms with van der Waals surface area (Å²) in [5, 5.41) is 0. The van der Waals surface area contributed by atoms with E-state index in [4.69, 9.17) is 13.9 Å². The van der Waals surface area contributed by atoms with Gasteiger partial charge < -0.3 is 13.9 Å². The quantitative estimate of drug-likeness (QED) is 0.591. The smallest absolute Gasteiger partial charge is 0.231 e. The molecule has 2 aromatic rings. The van der Waals surface area contributed by atoms with Crippen LogP contribution in [0, 0.1) is 0 Å². The van der Waals surface area contributed by atoms with Crippen molar-refractivity contribution in [3.8, 4) is 11.5 Å². The number of fused-ring (bicyclic) bond motifs is 3. The lowest BCUT2D eigenvalue weighted by atomic mass is 10.3. The molecule has 4 nitrogen and oxygen atoms in total. The van der Waals surface area contributed by atoms with Gasteiger partial charge in [-0.1, -0.05) is 0 Å². The van der Waals surface area contributed by atoms with Gasteiger partial charge in [-0.25, -0.2) is 4.98 Å². The second kappa shape index (κ2) is 1.91. The molecule has 0 radical (unpaired) electrons. The van der Waals surface area contributed by atoms with E-state index in [1.807, 2.05) is 12.1 Å². The molecule has 12 heavy (non-hydrogen) atoms. The van der Waals surface area contributed by atoms with E-state index >= 15 is 0 Å². The third-order valence-corrected chi connectivity index (χ3v) is 1.84. The number of ether oxygens (including phenoxy) is 2. The van der Waals surface area contributed by atoms with Crippen LogP contribution < -0.4 is 9.47 Å². The minimum atomic E-state index is 0.259. The normalized spacial score (nSPS) is 14.0. The third-order valence-electron chi connectivity index (χ3n) is 1.84. The van der Waals surface area contributed by atoms with E-state index in [1.165, 1.54) is 6.39 Å². The lowest BCUT2D eigenvalue weighted by Gasteiger charge is -1.93. The highest BCUT2D eigenvalue weighted by Gasteiger charge is 2.18. The van der Waals surface area contributed by atoms with Gasteiger partial charge in [0.15, 0.2) is 17.7 Å². The minimum absolute atomic E-state index is 0.259. The molecule has 0 bridgehead atoms. The van der Waals surface area contributed by atoms with Gasteiger partial charge in [0.25, 0.3) is 0 Å². The Morgan fingerprint density at radius 2 is 2.25 bits per heavy atom. The Balaban J connectivity index is 2.46. The first-order chi connectivity index (χ1) is 5.95. The van der Waals surface area contributed by atoms with E-state index in [-0.39, 0.29) is 6.79 Å². The highest BCUT2D eigenvalue weighted by atomic mass is 16.7. The minimum Gasteiger partial charge on any atom is -0.453 e. The van der Waals surface area contributed by atoms with Gasteiger partial charge in [0.1, 0.15) is 5.52 Å². The summed E-state index contributed by atoms with van der Waals surface area (Å²) >= 11 is 0. The standard InChI is InChI=1S/C8H5NO3/c1-2-6-8(12-4-11-6)7-5(1)9-3-10-7/h1-3H,4H2. The number of hydrogen-bond acceptors (Lipinski definition) is 4. The number of rotatable bonds is 0. The maximum atomic E-state index is 5.21. The summed E-state index contributed by atoms with van der Waals surface area (Å²) < 4.78 is 15.5. The van der Waals surface area contributed by atoms with Crippen molar-refractivity contribution in [1.82, 2.24) is 4.98 Å². The summed E-state index contributed by atoms with van der Waals surface area (Å²) in [6, 6.07) is 3.67. The van der Waals surface area contributed by atoms with Crippen molar-refractivity contribution < 1.29 is 13.9 Å². The lowest BCUT2D eigenvalue weighted by Crippen LogP contribution is -1.93. The van der Waals surface area contributed by atoms with Crippen LogP contribution >= 0.6 is 0 Å². The molecule has 0 fully saturated rings. The molecule has 3 rings (SSSR count). The summed E-state index contributed by atoms with van der Waals surface area (Å²) in [5.74, 6) is 1.38. The summed E-state index contributed by atoms with van der Waals surface area (Å²) in [7, 11) is 0. The fourth-order valence-corrected chi connectivity index (χ4v) is 1.29. The molecule has 1 aromatic carbocycles. The molecule has 1 aromatic heterocycles. The number of aromatic nitrogens is 1. The summed E-state index contributed by atoms with van der Waals surface area (Å²) in [6.45, 7) is 0.259. The Labute approximate surface area is 67.7 Å². The molecule has 60 valence electrons. The summed E-state index contributed by atoms with van der Waals surface area (Å²) in [6.07, 6.45) is 1.40. The van der Waals surface area contributed by atoms with Gasteiger partial charge in [-0.3, -0.25) is 0 Å². The molecule has 4 heteroatoms. The van der Waals surface area contributed by atoms with E-state index in [0.717, 1.165) is 11.3 Å². The zero-order valence-electron chi connectivity index (χ0n) is 6.11. The van der Waals surface area contributed by atoms with Crippen molar-refractivity contribution in [1.29, 1.82) is 0 Å². The molecule has 0 unspecified atom stereocenters. The van der Waals surface area contributed by atoms with Crippen LogP contribution in [0.4, 0.5) is 0 Å². The Hall–Kier alpha value is -1.71. The number of nitrogens with zero attached hydrogens (tertiary/aromatic N) is 1. The first-order valence-electron chi connectivity index (χ1n) is 3.57. The molecule has 0 saturated carbocycles. The average Bonchev–Trinajstić information content (AvgIpc) is 2.71. The molecule has 0 saturated heterocycles. The van der Waals surface area contributed by atoms with Gasteiger partial charge >= 0.3 is 0 Å². The van der Waals surface area contributed by atoms with Gasteiger partial charge in [-0.2, -0.15) is 0 Å². The molecule has 0 aliphatic carbocycles. The molecule has 0 amide bonds. The zero-order chi connectivity index (χ0) is 7.97. The Morgan fingerprint density at radius 1 is 1.25 bits per heavy atom. The third kappa shape index (κ3) is 0.592. The molecule has 2 heterocycles. The average molecular weight is 163 g/mol. The second-order valence-corrected chi connectivity index (χ2v) is 2.50. The fourth-order valence-electron chi connectivity index (χ4n) is 1.29. The highest BCUT2D eigenvalue weighted by molar-refractivity contribution is 5.82. The van der Waals surface area contributed by atoms with Gasteiger partial charge in [-0.05, 0) is 12.1 Å². The first kappa shape index (κ1) is 5.88. The topological polar surface area (TPSA) is 44.5 Å². The van der Waals surface area contributed by atoms with Gasteiger partial charge in [0, 0.05) is 0 Å². The Morgan fingerprint density at radius 3 is 3.25 bits per heavy atom. The predicted molar refractivity (Wildman–Crippen MR) is 40.1 cm³/mol. The SMILES string of the molecule is c1nc2ccc3c(c2o1)OCO3. The van der Waals surface area contributed by atoms with E-state index in [2.05, 4.69) is 4.98 Å². The highest BCUT2D eigenvalue weighted by Crippen LogP contribution is 2.38. The Kier molecular flexibility index (Phi) is 0.935.